The van der Waals surface area contributed by atoms with Gasteiger partial charge in [0.15, 0.2) is 0 Å². The Hall–Kier alpha value is -1.91. The van der Waals surface area contributed by atoms with Gasteiger partial charge in [-0.2, -0.15) is 9.98 Å². The molecular formula is C14H16N2O4S. The first kappa shape index (κ1) is 15.5. The third kappa shape index (κ3) is 2.91. The SMILES string of the molecule is Cc1ccc(C#N)cc1S(=O)(=O)NC(C)(C(=O)O)C1CC1. The molecule has 2 N–H and O–H groups in total. The van der Waals surface area contributed by atoms with Crippen molar-refractivity contribution < 1.29 is 18.3 Å². The lowest BCUT2D eigenvalue weighted by Gasteiger charge is -2.26. The molecule has 1 unspecified atom stereocenters. The Morgan fingerprint density at radius 2 is 2.10 bits per heavy atom. The van der Waals surface area contributed by atoms with E-state index in [1.54, 1.807) is 6.92 Å². The number of carboxylic acids is 1. The molecule has 0 radical (unpaired) electrons. The van der Waals surface area contributed by atoms with Gasteiger partial charge in [0.05, 0.1) is 16.5 Å². The first-order chi connectivity index (χ1) is 9.70. The van der Waals surface area contributed by atoms with Gasteiger partial charge in [0.1, 0.15) is 5.54 Å². The van der Waals surface area contributed by atoms with Gasteiger partial charge in [0, 0.05) is 0 Å². The van der Waals surface area contributed by atoms with Crippen molar-refractivity contribution in [1.29, 1.82) is 5.26 Å². The van der Waals surface area contributed by atoms with Crippen LogP contribution in [0.25, 0.3) is 0 Å². The van der Waals surface area contributed by atoms with Crippen molar-refractivity contribution in [2.24, 2.45) is 5.92 Å². The van der Waals surface area contributed by atoms with Crippen LogP contribution in [0.4, 0.5) is 0 Å². The molecular weight excluding hydrogens is 292 g/mol. The summed E-state index contributed by atoms with van der Waals surface area (Å²) in [5.41, 5.74) is -0.844. The number of nitrogens with zero attached hydrogens (tertiary/aromatic N) is 1. The van der Waals surface area contributed by atoms with Crippen LogP contribution < -0.4 is 4.72 Å². The van der Waals surface area contributed by atoms with Gasteiger partial charge in [-0.25, -0.2) is 8.42 Å². The fourth-order valence-corrected chi connectivity index (χ4v) is 3.95. The Kier molecular flexibility index (Phi) is 3.78. The zero-order valence-electron chi connectivity index (χ0n) is 11.8. The number of carbonyl (C=O) groups is 1. The van der Waals surface area contributed by atoms with Crippen LogP contribution >= 0.6 is 0 Å². The average molecular weight is 308 g/mol. The van der Waals surface area contributed by atoms with Gasteiger partial charge >= 0.3 is 5.97 Å². The molecule has 6 nitrogen and oxygen atoms in total. The number of aryl methyl sites for hydroxylation is 1. The van der Waals surface area contributed by atoms with Crippen molar-refractivity contribution in [2.45, 2.75) is 37.1 Å². The van der Waals surface area contributed by atoms with Crippen LogP contribution in [0.2, 0.25) is 0 Å². The highest BCUT2D eigenvalue weighted by atomic mass is 32.2. The average Bonchev–Trinajstić information content (AvgIpc) is 3.22. The molecule has 0 aromatic heterocycles. The maximum absolute atomic E-state index is 12.5. The van der Waals surface area contributed by atoms with E-state index in [9.17, 15) is 18.3 Å². The quantitative estimate of drug-likeness (QED) is 0.855. The van der Waals surface area contributed by atoms with Crippen LogP contribution in [0.5, 0.6) is 0 Å². The minimum absolute atomic E-state index is 0.0605. The van der Waals surface area contributed by atoms with Gasteiger partial charge in [-0.15, -0.1) is 0 Å². The van der Waals surface area contributed by atoms with E-state index >= 15 is 0 Å². The summed E-state index contributed by atoms with van der Waals surface area (Å²) in [6.07, 6.45) is 1.37. The maximum Gasteiger partial charge on any atom is 0.324 e. The maximum atomic E-state index is 12.5. The summed E-state index contributed by atoms with van der Waals surface area (Å²) in [5.74, 6) is -1.40. The van der Waals surface area contributed by atoms with E-state index in [4.69, 9.17) is 5.26 Å². The van der Waals surface area contributed by atoms with E-state index in [1.165, 1.54) is 25.1 Å². The summed E-state index contributed by atoms with van der Waals surface area (Å²) in [7, 11) is -4.01. The highest BCUT2D eigenvalue weighted by Crippen LogP contribution is 2.40. The normalized spacial score (nSPS) is 17.8. The predicted octanol–water partition coefficient (Wildman–Crippen LogP) is 1.40. The van der Waals surface area contributed by atoms with Gasteiger partial charge in [-0.3, -0.25) is 4.79 Å². The second kappa shape index (κ2) is 5.13. The molecule has 1 aliphatic rings. The largest absolute Gasteiger partial charge is 0.480 e. The highest BCUT2D eigenvalue weighted by molar-refractivity contribution is 7.89. The zero-order chi connectivity index (χ0) is 15.8. The van der Waals surface area contributed by atoms with Crippen LogP contribution in [-0.2, 0) is 14.8 Å². The minimum atomic E-state index is -4.01. The van der Waals surface area contributed by atoms with Gasteiger partial charge in [-0.05, 0) is 50.3 Å². The molecule has 1 aliphatic carbocycles. The predicted molar refractivity (Wildman–Crippen MR) is 75.0 cm³/mol. The van der Waals surface area contributed by atoms with E-state index in [0.29, 0.717) is 18.4 Å². The van der Waals surface area contributed by atoms with Gasteiger partial charge < -0.3 is 5.11 Å². The van der Waals surface area contributed by atoms with E-state index in [2.05, 4.69) is 4.72 Å². The smallest absolute Gasteiger partial charge is 0.324 e. The van der Waals surface area contributed by atoms with E-state index in [0.717, 1.165) is 0 Å². The molecule has 0 spiro atoms. The van der Waals surface area contributed by atoms with Gasteiger partial charge in [0.2, 0.25) is 10.0 Å². The molecule has 2 rings (SSSR count). The highest BCUT2D eigenvalue weighted by Gasteiger charge is 2.50. The lowest BCUT2D eigenvalue weighted by molar-refractivity contribution is -0.144. The lowest BCUT2D eigenvalue weighted by atomic mass is 9.98. The monoisotopic (exact) mass is 308 g/mol. The van der Waals surface area contributed by atoms with Gasteiger partial charge in [-0.1, -0.05) is 6.07 Å². The molecule has 1 aromatic carbocycles. The molecule has 0 heterocycles. The summed E-state index contributed by atoms with van der Waals surface area (Å²) in [6.45, 7) is 2.99. The molecule has 1 fully saturated rings. The van der Waals surface area contributed by atoms with E-state index < -0.39 is 21.5 Å². The number of hydrogen-bond acceptors (Lipinski definition) is 4. The van der Waals surface area contributed by atoms with E-state index in [-0.39, 0.29) is 16.4 Å². The molecule has 112 valence electrons. The Bertz CT molecular complexity index is 732. The second-order valence-corrected chi connectivity index (χ2v) is 7.13. The number of rotatable bonds is 5. The van der Waals surface area contributed by atoms with Crippen LogP contribution in [0.15, 0.2) is 23.1 Å². The summed E-state index contributed by atoms with van der Waals surface area (Å²) < 4.78 is 27.3. The third-order valence-corrected chi connectivity index (χ3v) is 5.50. The Morgan fingerprint density at radius 1 is 1.48 bits per heavy atom. The lowest BCUT2D eigenvalue weighted by Crippen LogP contribution is -2.53. The summed E-state index contributed by atoms with van der Waals surface area (Å²) in [4.78, 5) is 11.4. The van der Waals surface area contributed by atoms with Gasteiger partial charge in [0.25, 0.3) is 0 Å². The van der Waals surface area contributed by atoms with E-state index in [1.807, 2.05) is 6.07 Å². The van der Waals surface area contributed by atoms with Crippen LogP contribution in [0.3, 0.4) is 0 Å². The van der Waals surface area contributed by atoms with Crippen molar-refractivity contribution in [3.05, 3.63) is 29.3 Å². The molecule has 1 saturated carbocycles. The summed E-state index contributed by atoms with van der Waals surface area (Å²) >= 11 is 0. The number of hydrogen-bond donors (Lipinski definition) is 2. The van der Waals surface area contributed by atoms with Crippen molar-refractivity contribution in [2.75, 3.05) is 0 Å². The summed E-state index contributed by atoms with van der Waals surface area (Å²) in [6, 6.07) is 6.19. The number of aliphatic carboxylic acids is 1. The molecule has 1 atom stereocenters. The summed E-state index contributed by atoms with van der Waals surface area (Å²) in [5, 5.41) is 18.2. The number of nitriles is 1. The third-order valence-electron chi connectivity index (χ3n) is 3.79. The first-order valence-electron chi connectivity index (χ1n) is 6.49. The van der Waals surface area contributed by atoms with Crippen molar-refractivity contribution in [1.82, 2.24) is 4.72 Å². The molecule has 7 heteroatoms. The standard InChI is InChI=1S/C14H16N2O4S/c1-9-3-4-10(8-15)7-12(9)21(19,20)16-14(2,13(17)18)11-5-6-11/h3-4,7,11,16H,5-6H2,1-2H3,(H,17,18). The second-order valence-electron chi connectivity index (χ2n) is 5.48. The number of benzene rings is 1. The number of sulfonamides is 1. The fourth-order valence-electron chi connectivity index (χ4n) is 2.26. The molecule has 0 amide bonds. The molecule has 0 saturated heterocycles. The minimum Gasteiger partial charge on any atom is -0.480 e. The van der Waals surface area contributed by atoms with Crippen LogP contribution in [0, 0.1) is 24.2 Å². The van der Waals surface area contributed by atoms with Crippen molar-refractivity contribution >= 4 is 16.0 Å². The number of nitrogens with one attached hydrogen (secondary N) is 1. The Morgan fingerprint density at radius 3 is 2.57 bits per heavy atom. The Balaban J connectivity index is 2.43. The first-order valence-corrected chi connectivity index (χ1v) is 7.97. The van der Waals surface area contributed by atoms with Crippen LogP contribution in [-0.4, -0.2) is 25.0 Å². The fraction of sp³-hybridized carbons (Fsp3) is 0.429. The molecule has 21 heavy (non-hydrogen) atoms. The Labute approximate surface area is 123 Å². The van der Waals surface area contributed by atoms with Crippen molar-refractivity contribution in [3.63, 3.8) is 0 Å². The van der Waals surface area contributed by atoms with Crippen molar-refractivity contribution in [3.8, 4) is 6.07 Å². The topological polar surface area (TPSA) is 107 Å². The number of carboxylic acid groups (broad SMARTS) is 1. The molecule has 0 bridgehead atoms. The zero-order valence-corrected chi connectivity index (χ0v) is 12.6. The molecule has 1 aromatic rings. The van der Waals surface area contributed by atoms with Crippen LogP contribution in [0.1, 0.15) is 30.9 Å². The molecule has 0 aliphatic heterocycles.